The van der Waals surface area contributed by atoms with E-state index in [1.165, 1.54) is 23.5 Å². The summed E-state index contributed by atoms with van der Waals surface area (Å²) in [4.78, 5) is 15.4. The van der Waals surface area contributed by atoms with Crippen LogP contribution in [0.15, 0.2) is 60.0 Å². The minimum Gasteiger partial charge on any atom is -0.379 e. The Morgan fingerprint density at radius 1 is 0.966 bits per heavy atom. The van der Waals surface area contributed by atoms with Crippen LogP contribution in [0.1, 0.15) is 9.67 Å². The first-order chi connectivity index (χ1) is 14.2. The number of hydrogen-bond donors (Lipinski definition) is 1. The Bertz CT molecular complexity index is 948. The molecular weight excluding hydrogens is 387 g/mol. The molecule has 0 radical (unpaired) electrons. The highest BCUT2D eigenvalue weighted by molar-refractivity contribution is 7.12. The van der Waals surface area contributed by atoms with E-state index in [1.807, 2.05) is 35.7 Å². The summed E-state index contributed by atoms with van der Waals surface area (Å²) >= 11 is 1.45. The Labute approximate surface area is 173 Å². The van der Waals surface area contributed by atoms with E-state index < -0.39 is 0 Å². The molecule has 1 aromatic heterocycles. The van der Waals surface area contributed by atoms with E-state index in [-0.39, 0.29) is 11.7 Å². The summed E-state index contributed by atoms with van der Waals surface area (Å²) in [5.41, 5.74) is 4.09. The van der Waals surface area contributed by atoms with Crippen molar-refractivity contribution in [2.75, 3.05) is 39.4 Å². The SMILES string of the molecule is O=C(NCCN1CCOCC1)c1cc(-c2ccc(-c3ccc(F)cc3)cc2)cs1. The molecule has 1 aliphatic rings. The predicted molar refractivity (Wildman–Crippen MR) is 115 cm³/mol. The van der Waals surface area contributed by atoms with Crippen LogP contribution in [0.2, 0.25) is 0 Å². The molecule has 0 unspecified atom stereocenters. The zero-order chi connectivity index (χ0) is 20.1. The Balaban J connectivity index is 1.35. The molecule has 6 heteroatoms. The third kappa shape index (κ3) is 5.09. The van der Waals surface area contributed by atoms with Crippen molar-refractivity contribution in [3.63, 3.8) is 0 Å². The summed E-state index contributed by atoms with van der Waals surface area (Å²) in [5, 5.41) is 5.01. The number of nitrogens with zero attached hydrogens (tertiary/aromatic N) is 1. The number of amides is 1. The molecule has 1 amide bonds. The molecule has 3 aromatic rings. The van der Waals surface area contributed by atoms with Crippen LogP contribution in [0.4, 0.5) is 4.39 Å². The van der Waals surface area contributed by atoms with Gasteiger partial charge in [-0.3, -0.25) is 9.69 Å². The van der Waals surface area contributed by atoms with Crippen molar-refractivity contribution in [3.05, 3.63) is 70.7 Å². The predicted octanol–water partition coefficient (Wildman–Crippen LogP) is 4.28. The number of thiophene rings is 1. The van der Waals surface area contributed by atoms with Gasteiger partial charge in [0, 0.05) is 26.2 Å². The quantitative estimate of drug-likeness (QED) is 0.659. The highest BCUT2D eigenvalue weighted by Crippen LogP contribution is 2.28. The van der Waals surface area contributed by atoms with Gasteiger partial charge in [0.2, 0.25) is 0 Å². The third-order valence-corrected chi connectivity index (χ3v) is 5.97. The van der Waals surface area contributed by atoms with Crippen molar-refractivity contribution in [1.82, 2.24) is 10.2 Å². The number of rotatable bonds is 6. The lowest BCUT2D eigenvalue weighted by Gasteiger charge is -2.26. The minimum atomic E-state index is -0.237. The zero-order valence-electron chi connectivity index (χ0n) is 16.1. The number of nitrogens with one attached hydrogen (secondary N) is 1. The van der Waals surface area contributed by atoms with Gasteiger partial charge in [-0.15, -0.1) is 11.3 Å². The fraction of sp³-hybridized carbons (Fsp3) is 0.261. The number of carbonyl (C=O) groups excluding carboxylic acids is 1. The molecular formula is C23H23FN2O2S. The summed E-state index contributed by atoms with van der Waals surface area (Å²) in [6, 6.07) is 16.5. The molecule has 1 aliphatic heterocycles. The standard InChI is InChI=1S/C23H23FN2O2S/c24-21-7-5-18(6-8-21)17-1-3-19(4-2-17)20-15-22(29-16-20)23(27)25-9-10-26-11-13-28-14-12-26/h1-8,15-16H,9-14H2,(H,25,27). The Kier molecular flexibility index (Phi) is 6.34. The summed E-state index contributed by atoms with van der Waals surface area (Å²) in [5.74, 6) is -0.267. The highest BCUT2D eigenvalue weighted by atomic mass is 32.1. The first kappa shape index (κ1) is 19.8. The van der Waals surface area contributed by atoms with Crippen molar-refractivity contribution in [2.45, 2.75) is 0 Å². The Hall–Kier alpha value is -2.54. The monoisotopic (exact) mass is 410 g/mol. The second kappa shape index (κ2) is 9.31. The van der Waals surface area contributed by atoms with Crippen molar-refractivity contribution in [3.8, 4) is 22.3 Å². The summed E-state index contributed by atoms with van der Waals surface area (Å²) in [7, 11) is 0. The third-order valence-electron chi connectivity index (χ3n) is 5.04. The first-order valence-electron chi connectivity index (χ1n) is 9.72. The molecule has 0 bridgehead atoms. The first-order valence-corrected chi connectivity index (χ1v) is 10.6. The van der Waals surface area contributed by atoms with Crippen LogP contribution in [-0.2, 0) is 4.74 Å². The van der Waals surface area contributed by atoms with E-state index in [9.17, 15) is 9.18 Å². The lowest BCUT2D eigenvalue weighted by molar-refractivity contribution is 0.0383. The lowest BCUT2D eigenvalue weighted by atomic mass is 10.0. The van der Waals surface area contributed by atoms with Gasteiger partial charge >= 0.3 is 0 Å². The van der Waals surface area contributed by atoms with E-state index in [2.05, 4.69) is 10.2 Å². The van der Waals surface area contributed by atoms with E-state index in [1.54, 1.807) is 12.1 Å². The number of hydrogen-bond acceptors (Lipinski definition) is 4. The average molecular weight is 411 g/mol. The summed E-state index contributed by atoms with van der Waals surface area (Å²) in [6.45, 7) is 4.86. The average Bonchev–Trinajstić information content (AvgIpc) is 3.26. The molecule has 150 valence electrons. The van der Waals surface area contributed by atoms with Crippen molar-refractivity contribution < 1.29 is 13.9 Å². The van der Waals surface area contributed by atoms with Gasteiger partial charge in [-0.25, -0.2) is 4.39 Å². The summed E-state index contributed by atoms with van der Waals surface area (Å²) < 4.78 is 18.4. The number of carbonyl (C=O) groups is 1. The van der Waals surface area contributed by atoms with Gasteiger partial charge in [-0.1, -0.05) is 36.4 Å². The molecule has 0 spiro atoms. The normalized spacial score (nSPS) is 14.7. The van der Waals surface area contributed by atoms with E-state index >= 15 is 0 Å². The van der Waals surface area contributed by atoms with Crippen LogP contribution >= 0.6 is 11.3 Å². The van der Waals surface area contributed by atoms with Crippen molar-refractivity contribution >= 4 is 17.2 Å². The van der Waals surface area contributed by atoms with Gasteiger partial charge in [-0.05, 0) is 45.8 Å². The molecule has 4 rings (SSSR count). The lowest BCUT2D eigenvalue weighted by Crippen LogP contribution is -2.41. The molecule has 1 saturated heterocycles. The fourth-order valence-corrected chi connectivity index (χ4v) is 4.18. The van der Waals surface area contributed by atoms with Crippen molar-refractivity contribution in [2.24, 2.45) is 0 Å². The largest absolute Gasteiger partial charge is 0.379 e. The van der Waals surface area contributed by atoms with Gasteiger partial charge in [0.1, 0.15) is 5.82 Å². The zero-order valence-corrected chi connectivity index (χ0v) is 16.9. The van der Waals surface area contributed by atoms with Crippen molar-refractivity contribution in [1.29, 1.82) is 0 Å². The van der Waals surface area contributed by atoms with Crippen LogP contribution < -0.4 is 5.32 Å². The molecule has 1 fully saturated rings. The molecule has 2 aromatic carbocycles. The molecule has 29 heavy (non-hydrogen) atoms. The number of benzene rings is 2. The molecule has 1 N–H and O–H groups in total. The number of halogens is 1. The maximum Gasteiger partial charge on any atom is 0.261 e. The van der Waals surface area contributed by atoms with Crippen LogP contribution in [0, 0.1) is 5.82 Å². The van der Waals surface area contributed by atoms with Gasteiger partial charge in [0.25, 0.3) is 5.91 Å². The molecule has 0 atom stereocenters. The van der Waals surface area contributed by atoms with E-state index in [4.69, 9.17) is 4.74 Å². The number of ether oxygens (including phenoxy) is 1. The van der Waals surface area contributed by atoms with Crippen LogP contribution in [0.25, 0.3) is 22.3 Å². The maximum absolute atomic E-state index is 13.1. The molecule has 0 saturated carbocycles. The van der Waals surface area contributed by atoms with Gasteiger partial charge in [0.05, 0.1) is 18.1 Å². The van der Waals surface area contributed by atoms with E-state index in [0.717, 1.165) is 55.1 Å². The van der Waals surface area contributed by atoms with Crippen LogP contribution in [0.5, 0.6) is 0 Å². The second-order valence-corrected chi connectivity index (χ2v) is 7.91. The molecule has 2 heterocycles. The molecule has 0 aliphatic carbocycles. The molecule has 4 nitrogen and oxygen atoms in total. The van der Waals surface area contributed by atoms with Crippen LogP contribution in [0.3, 0.4) is 0 Å². The van der Waals surface area contributed by atoms with Gasteiger partial charge in [-0.2, -0.15) is 0 Å². The smallest absolute Gasteiger partial charge is 0.261 e. The number of morpholine rings is 1. The fourth-order valence-electron chi connectivity index (χ4n) is 3.34. The highest BCUT2D eigenvalue weighted by Gasteiger charge is 2.13. The Morgan fingerprint density at radius 2 is 1.55 bits per heavy atom. The maximum atomic E-state index is 13.1. The topological polar surface area (TPSA) is 41.6 Å². The van der Waals surface area contributed by atoms with Gasteiger partial charge in [0.15, 0.2) is 0 Å². The van der Waals surface area contributed by atoms with E-state index in [0.29, 0.717) is 11.4 Å². The Morgan fingerprint density at radius 3 is 2.21 bits per heavy atom. The second-order valence-electron chi connectivity index (χ2n) is 6.99. The van der Waals surface area contributed by atoms with Gasteiger partial charge < -0.3 is 10.1 Å². The summed E-state index contributed by atoms with van der Waals surface area (Å²) in [6.07, 6.45) is 0. The minimum absolute atomic E-state index is 0.0301. The van der Waals surface area contributed by atoms with Crippen LogP contribution in [-0.4, -0.2) is 50.2 Å².